The smallest absolute Gasteiger partial charge is 0.303 e. The number of aliphatic carboxylic acids is 1. The molecule has 0 radical (unpaired) electrons. The van der Waals surface area contributed by atoms with Gasteiger partial charge in [0.2, 0.25) is 5.91 Å². The largest absolute Gasteiger partial charge is 0.481 e. The van der Waals surface area contributed by atoms with Crippen LogP contribution >= 0.6 is 11.8 Å². The maximum atomic E-state index is 13.8. The van der Waals surface area contributed by atoms with Crippen LogP contribution < -0.4 is 11.1 Å². The summed E-state index contributed by atoms with van der Waals surface area (Å²) in [6.07, 6.45) is 1.21. The van der Waals surface area contributed by atoms with Gasteiger partial charge in [-0.15, -0.1) is 11.8 Å². The van der Waals surface area contributed by atoms with E-state index in [1.54, 1.807) is 6.92 Å². The maximum absolute atomic E-state index is 13.8. The van der Waals surface area contributed by atoms with Crippen molar-refractivity contribution in [1.29, 1.82) is 0 Å². The molecule has 1 aliphatic heterocycles. The fraction of sp³-hybridized carbons (Fsp3) is 0.464. The lowest BCUT2D eigenvalue weighted by Crippen LogP contribution is -2.46. The number of thioether (sulfide) groups is 1. The second kappa shape index (κ2) is 17.5. The fourth-order valence-corrected chi connectivity index (χ4v) is 4.50. The summed E-state index contributed by atoms with van der Waals surface area (Å²) in [5.41, 5.74) is 7.94. The van der Waals surface area contributed by atoms with Gasteiger partial charge in [0, 0.05) is 43.8 Å². The molecule has 39 heavy (non-hydrogen) atoms. The number of benzene rings is 2. The molecule has 2 aromatic rings. The summed E-state index contributed by atoms with van der Waals surface area (Å²) in [5.74, 6) is -4.10. The van der Waals surface area contributed by atoms with Crippen molar-refractivity contribution in [2.24, 2.45) is 5.73 Å². The molecule has 1 aliphatic rings. The molecule has 1 saturated heterocycles. The molecule has 2 amide bonds. The zero-order chi connectivity index (χ0) is 29.5. The average Bonchev–Trinajstić information content (AvgIpc) is 3.38. The first-order valence-corrected chi connectivity index (χ1v) is 13.8. The third-order valence-corrected chi connectivity index (χ3v) is 6.54. The van der Waals surface area contributed by atoms with Crippen LogP contribution in [0.3, 0.4) is 0 Å². The number of halogens is 3. The van der Waals surface area contributed by atoms with Gasteiger partial charge in [-0.1, -0.05) is 57.0 Å². The van der Waals surface area contributed by atoms with E-state index in [0.717, 1.165) is 17.2 Å². The molecule has 11 heteroatoms. The van der Waals surface area contributed by atoms with E-state index < -0.39 is 34.8 Å². The van der Waals surface area contributed by atoms with Crippen LogP contribution in [0.4, 0.5) is 13.2 Å². The Bertz CT molecular complexity index is 1090. The Balaban J connectivity index is 0.000000838. The highest BCUT2D eigenvalue weighted by atomic mass is 32.2. The number of nitrogens with zero attached hydrogens (tertiary/aromatic N) is 1. The fourth-order valence-electron chi connectivity index (χ4n) is 3.34. The van der Waals surface area contributed by atoms with E-state index in [2.05, 4.69) is 19.2 Å². The molecule has 2 atom stereocenters. The lowest BCUT2D eigenvalue weighted by Gasteiger charge is -2.24. The predicted octanol–water partition coefficient (Wildman–Crippen LogP) is 4.79. The number of hydrogen-bond donors (Lipinski definition) is 3. The number of carbonyl (C=O) groups excluding carboxylic acids is 2. The van der Waals surface area contributed by atoms with E-state index in [0.29, 0.717) is 24.9 Å². The summed E-state index contributed by atoms with van der Waals surface area (Å²) < 4.78 is 40.3. The monoisotopic (exact) mass is 569 g/mol. The molecule has 0 bridgehead atoms. The molecule has 7 nitrogen and oxygen atoms in total. The summed E-state index contributed by atoms with van der Waals surface area (Å²) in [4.78, 5) is 36.1. The van der Waals surface area contributed by atoms with Gasteiger partial charge in [0.15, 0.2) is 17.0 Å². The number of carboxylic acids is 1. The zero-order valence-electron chi connectivity index (χ0n) is 22.8. The SMILES string of the molecule is CCC.CCC(=O)O.Cc1ccc(CNC(=O)C2SCCN2C(=O)CC(N)Cc2cc(F)c(F)cc2F)cc1. The van der Waals surface area contributed by atoms with E-state index >= 15 is 0 Å². The Labute approximate surface area is 232 Å². The first-order valence-electron chi connectivity index (χ1n) is 12.8. The summed E-state index contributed by atoms with van der Waals surface area (Å²) >= 11 is 1.36. The van der Waals surface area contributed by atoms with Crippen molar-refractivity contribution >= 4 is 29.5 Å². The maximum Gasteiger partial charge on any atom is 0.303 e. The van der Waals surface area contributed by atoms with Gasteiger partial charge in [0.05, 0.1) is 0 Å². The summed E-state index contributed by atoms with van der Waals surface area (Å²) in [6.45, 7) is 8.58. The zero-order valence-corrected chi connectivity index (χ0v) is 23.6. The van der Waals surface area contributed by atoms with Crippen LogP contribution in [0, 0.1) is 24.4 Å². The molecule has 2 unspecified atom stereocenters. The van der Waals surface area contributed by atoms with Crippen molar-refractivity contribution in [1.82, 2.24) is 10.2 Å². The molecule has 4 N–H and O–H groups in total. The first kappa shape index (κ1) is 34.0. The van der Waals surface area contributed by atoms with Gasteiger partial charge in [0.1, 0.15) is 5.82 Å². The minimum atomic E-state index is -1.28. The third-order valence-electron chi connectivity index (χ3n) is 5.33. The van der Waals surface area contributed by atoms with E-state index in [4.69, 9.17) is 10.8 Å². The Kier molecular flexibility index (Phi) is 15.3. The Morgan fingerprint density at radius 2 is 1.64 bits per heavy atom. The highest BCUT2D eigenvalue weighted by molar-refractivity contribution is 8.00. The van der Waals surface area contributed by atoms with E-state index in [-0.39, 0.29) is 36.6 Å². The van der Waals surface area contributed by atoms with Crippen LogP contribution in [0.2, 0.25) is 0 Å². The molecular weight excluding hydrogens is 531 g/mol. The molecule has 2 aromatic carbocycles. The van der Waals surface area contributed by atoms with Crippen LogP contribution in [0.25, 0.3) is 0 Å². The molecule has 0 saturated carbocycles. The first-order chi connectivity index (χ1) is 18.4. The molecule has 0 spiro atoms. The van der Waals surface area contributed by atoms with Gasteiger partial charge in [-0.05, 0) is 30.5 Å². The number of hydrogen-bond acceptors (Lipinski definition) is 5. The third kappa shape index (κ3) is 12.1. The number of carboxylic acid groups (broad SMARTS) is 1. The standard InChI is InChI=1S/C22H24F3N3O2S.C3H6O2.C3H8/c1-13-2-4-14(5-3-13)12-27-21(30)22-28(6-7-31-22)20(29)10-16(26)8-15-9-18(24)19(25)11-17(15)23;1-2-3(4)5;1-3-2/h2-5,9,11,16,22H,6-8,10,12,26H2,1H3,(H,27,30);2H2,1H3,(H,4,5);3H2,1-2H3. The highest BCUT2D eigenvalue weighted by Crippen LogP contribution is 2.25. The van der Waals surface area contributed by atoms with Gasteiger partial charge < -0.3 is 21.1 Å². The van der Waals surface area contributed by atoms with Crippen LogP contribution in [0.5, 0.6) is 0 Å². The van der Waals surface area contributed by atoms with Crippen molar-refractivity contribution < 1.29 is 32.7 Å². The van der Waals surface area contributed by atoms with Gasteiger partial charge >= 0.3 is 5.97 Å². The average molecular weight is 570 g/mol. The molecule has 1 heterocycles. The number of nitrogens with two attached hydrogens (primary N) is 1. The van der Waals surface area contributed by atoms with Crippen LogP contribution in [0.1, 0.15) is 56.7 Å². The van der Waals surface area contributed by atoms with Crippen molar-refractivity contribution in [3.8, 4) is 0 Å². The summed E-state index contributed by atoms with van der Waals surface area (Å²) in [5, 5.41) is 9.91. The molecule has 216 valence electrons. The highest BCUT2D eigenvalue weighted by Gasteiger charge is 2.35. The van der Waals surface area contributed by atoms with Crippen molar-refractivity contribution in [2.45, 2.75) is 71.3 Å². The molecule has 0 aliphatic carbocycles. The van der Waals surface area contributed by atoms with Crippen LogP contribution in [-0.2, 0) is 27.3 Å². The van der Waals surface area contributed by atoms with Gasteiger partial charge in [-0.3, -0.25) is 14.4 Å². The number of rotatable bonds is 8. The minimum absolute atomic E-state index is 0.0950. The normalized spacial score (nSPS) is 14.9. The van der Waals surface area contributed by atoms with E-state index in [1.165, 1.54) is 23.1 Å². The Morgan fingerprint density at radius 3 is 2.21 bits per heavy atom. The number of carbonyl (C=O) groups is 3. The second-order valence-electron chi connectivity index (χ2n) is 8.99. The molecule has 0 aromatic heterocycles. The number of aryl methyl sites for hydroxylation is 1. The molecule has 3 rings (SSSR count). The Hall–Kier alpha value is -3.05. The molecule has 1 fully saturated rings. The van der Waals surface area contributed by atoms with Crippen LogP contribution in [-0.4, -0.2) is 51.5 Å². The number of nitrogens with one attached hydrogen (secondary N) is 1. The summed E-state index contributed by atoms with van der Waals surface area (Å²) in [6, 6.07) is 8.19. The van der Waals surface area contributed by atoms with Crippen molar-refractivity contribution in [2.75, 3.05) is 12.3 Å². The van der Waals surface area contributed by atoms with E-state index in [1.807, 2.05) is 31.2 Å². The predicted molar refractivity (Wildman–Crippen MR) is 147 cm³/mol. The topological polar surface area (TPSA) is 113 Å². The van der Waals surface area contributed by atoms with Gasteiger partial charge in [-0.25, -0.2) is 13.2 Å². The number of amides is 2. The van der Waals surface area contributed by atoms with Gasteiger partial charge in [-0.2, -0.15) is 0 Å². The van der Waals surface area contributed by atoms with Crippen LogP contribution in [0.15, 0.2) is 36.4 Å². The quantitative estimate of drug-likeness (QED) is 0.394. The van der Waals surface area contributed by atoms with Crippen molar-refractivity contribution in [3.05, 3.63) is 70.5 Å². The lowest BCUT2D eigenvalue weighted by atomic mass is 10.0. The lowest BCUT2D eigenvalue weighted by molar-refractivity contribution is -0.137. The van der Waals surface area contributed by atoms with Crippen molar-refractivity contribution in [3.63, 3.8) is 0 Å². The minimum Gasteiger partial charge on any atom is -0.481 e. The second-order valence-corrected chi connectivity index (χ2v) is 10.2. The van der Waals surface area contributed by atoms with E-state index in [9.17, 15) is 27.6 Å². The Morgan fingerprint density at radius 1 is 1.08 bits per heavy atom. The van der Waals surface area contributed by atoms with Gasteiger partial charge in [0.25, 0.3) is 5.91 Å². The summed E-state index contributed by atoms with van der Waals surface area (Å²) in [7, 11) is 0. The molecular formula is C28H38F3N3O4S.